The number of fused-ring (bicyclic) bond motifs is 1. The third kappa shape index (κ3) is 7.87. The third-order valence-corrected chi connectivity index (χ3v) is 8.43. The van der Waals surface area contributed by atoms with E-state index in [1.54, 1.807) is 71.9 Å². The summed E-state index contributed by atoms with van der Waals surface area (Å²) in [6.07, 6.45) is -4.31. The molecule has 13 heteroatoms. The van der Waals surface area contributed by atoms with Gasteiger partial charge in [-0.3, -0.25) is 14.4 Å². The van der Waals surface area contributed by atoms with E-state index in [4.69, 9.17) is 9.47 Å². The van der Waals surface area contributed by atoms with Crippen LogP contribution in [0.25, 0.3) is 0 Å². The van der Waals surface area contributed by atoms with Gasteiger partial charge in [0.2, 0.25) is 11.5 Å². The van der Waals surface area contributed by atoms with Gasteiger partial charge >= 0.3 is 12.3 Å². The molecule has 2 aromatic rings. The third-order valence-electron chi connectivity index (χ3n) is 8.43. The van der Waals surface area contributed by atoms with Crippen LogP contribution in [0.2, 0.25) is 0 Å². The molecule has 2 aromatic carbocycles. The Balaban J connectivity index is 1.80. The molecule has 1 saturated heterocycles. The second-order valence-corrected chi connectivity index (χ2v) is 13.6. The van der Waals surface area contributed by atoms with E-state index in [1.807, 2.05) is 0 Å². The maximum atomic E-state index is 14.8. The SMILES string of the molecule is CCC(=O)NCCN1C(=O)[C@](C)(c2ccccc2)Oc2cc(C(F)(F)F)c(C(=O)N(C(C)C)[C@@H]3CCCN(C(=O)OC(C)(C)C)C3)cc21. The van der Waals surface area contributed by atoms with Gasteiger partial charge in [-0.05, 0) is 66.5 Å². The first-order valence-corrected chi connectivity index (χ1v) is 16.3. The van der Waals surface area contributed by atoms with Crippen molar-refractivity contribution in [2.45, 2.75) is 97.2 Å². The molecule has 2 heterocycles. The van der Waals surface area contributed by atoms with Crippen LogP contribution in [0, 0.1) is 0 Å². The van der Waals surface area contributed by atoms with Crippen LogP contribution in [0.3, 0.4) is 0 Å². The topological polar surface area (TPSA) is 108 Å². The number of benzene rings is 2. The first kappa shape index (κ1) is 36.5. The molecule has 2 atom stereocenters. The van der Waals surface area contributed by atoms with Crippen molar-refractivity contribution in [1.82, 2.24) is 15.1 Å². The fourth-order valence-electron chi connectivity index (χ4n) is 6.13. The molecule has 1 fully saturated rings. The van der Waals surface area contributed by atoms with Crippen molar-refractivity contribution in [1.29, 1.82) is 0 Å². The van der Waals surface area contributed by atoms with Gasteiger partial charge in [-0.1, -0.05) is 37.3 Å². The van der Waals surface area contributed by atoms with Crippen LogP contribution in [0.5, 0.6) is 5.75 Å². The summed E-state index contributed by atoms with van der Waals surface area (Å²) in [7, 11) is 0. The van der Waals surface area contributed by atoms with Crippen LogP contribution in [0.4, 0.5) is 23.7 Å². The van der Waals surface area contributed by atoms with Gasteiger partial charge in [-0.15, -0.1) is 0 Å². The molecule has 4 rings (SSSR count). The van der Waals surface area contributed by atoms with Crippen molar-refractivity contribution in [3.63, 3.8) is 0 Å². The average Bonchev–Trinajstić information content (AvgIpc) is 3.01. The molecule has 0 saturated carbocycles. The van der Waals surface area contributed by atoms with Crippen LogP contribution in [-0.4, -0.2) is 77.5 Å². The van der Waals surface area contributed by atoms with Crippen LogP contribution >= 0.6 is 0 Å². The molecule has 2 aliphatic heterocycles. The quantitative estimate of drug-likeness (QED) is 0.362. The molecule has 262 valence electrons. The first-order valence-electron chi connectivity index (χ1n) is 16.3. The van der Waals surface area contributed by atoms with Gasteiger partial charge in [-0.25, -0.2) is 4.79 Å². The highest BCUT2D eigenvalue weighted by Gasteiger charge is 2.48. The molecular weight excluding hydrogens is 629 g/mol. The van der Waals surface area contributed by atoms with Crippen molar-refractivity contribution < 1.29 is 41.8 Å². The highest BCUT2D eigenvalue weighted by molar-refractivity contribution is 6.05. The molecule has 0 unspecified atom stereocenters. The summed E-state index contributed by atoms with van der Waals surface area (Å²) in [5.74, 6) is -1.94. The van der Waals surface area contributed by atoms with Gasteiger partial charge in [0.1, 0.15) is 11.4 Å². The molecule has 4 amide bonds. The summed E-state index contributed by atoms with van der Waals surface area (Å²) in [6.45, 7) is 12.2. The number of anilines is 1. The zero-order valence-corrected chi connectivity index (χ0v) is 28.6. The highest BCUT2D eigenvalue weighted by Crippen LogP contribution is 2.47. The lowest BCUT2D eigenvalue weighted by molar-refractivity contribution is -0.138. The van der Waals surface area contributed by atoms with Crippen molar-refractivity contribution in [2.24, 2.45) is 0 Å². The van der Waals surface area contributed by atoms with Gasteiger partial charge in [0.25, 0.3) is 11.8 Å². The number of nitrogens with one attached hydrogen (secondary N) is 1. The van der Waals surface area contributed by atoms with E-state index in [0.29, 0.717) is 24.9 Å². The molecule has 1 N–H and O–H groups in total. The average molecular weight is 675 g/mol. The number of hydrogen-bond donors (Lipinski definition) is 1. The molecule has 48 heavy (non-hydrogen) atoms. The van der Waals surface area contributed by atoms with Crippen molar-refractivity contribution in [2.75, 3.05) is 31.1 Å². The van der Waals surface area contributed by atoms with Crippen molar-refractivity contribution in [3.05, 3.63) is 59.2 Å². The molecular formula is C35H45F3N4O6. The number of carbonyl (C=O) groups is 4. The minimum absolute atomic E-state index is 0.0155. The molecule has 0 spiro atoms. The molecule has 0 aliphatic carbocycles. The number of ether oxygens (including phenoxy) is 2. The molecule has 10 nitrogen and oxygen atoms in total. The van der Waals surface area contributed by atoms with Gasteiger partial charge in [0.05, 0.1) is 22.9 Å². The van der Waals surface area contributed by atoms with Crippen LogP contribution in [-0.2, 0) is 26.1 Å². The summed E-state index contributed by atoms with van der Waals surface area (Å²) in [5, 5.41) is 2.70. The van der Waals surface area contributed by atoms with E-state index < -0.39 is 58.5 Å². The summed E-state index contributed by atoms with van der Waals surface area (Å²) in [6, 6.07) is 9.14. The second kappa shape index (κ2) is 14.1. The highest BCUT2D eigenvalue weighted by atomic mass is 19.4. The fourth-order valence-corrected chi connectivity index (χ4v) is 6.13. The lowest BCUT2D eigenvalue weighted by Crippen LogP contribution is -2.55. The van der Waals surface area contributed by atoms with Crippen LogP contribution in [0.1, 0.15) is 89.2 Å². The molecule has 0 aromatic heterocycles. The number of halogens is 3. The second-order valence-electron chi connectivity index (χ2n) is 13.6. The van der Waals surface area contributed by atoms with Crippen LogP contribution < -0.4 is 15.0 Å². The van der Waals surface area contributed by atoms with E-state index >= 15 is 0 Å². The maximum Gasteiger partial charge on any atom is 0.417 e. The number of carbonyl (C=O) groups excluding carboxylic acids is 4. The molecule has 0 radical (unpaired) electrons. The number of alkyl halides is 3. The largest absolute Gasteiger partial charge is 0.471 e. The predicted molar refractivity (Wildman–Crippen MR) is 174 cm³/mol. The van der Waals surface area contributed by atoms with Crippen molar-refractivity contribution in [3.8, 4) is 5.75 Å². The normalized spacial score (nSPS) is 19.8. The summed E-state index contributed by atoms with van der Waals surface area (Å²) < 4.78 is 56.0. The Bertz CT molecular complexity index is 1520. The minimum Gasteiger partial charge on any atom is -0.471 e. The Labute approximate surface area is 279 Å². The predicted octanol–water partition coefficient (Wildman–Crippen LogP) is 6.12. The lowest BCUT2D eigenvalue weighted by atomic mass is 9.91. The monoisotopic (exact) mass is 674 g/mol. The van der Waals surface area contributed by atoms with Gasteiger partial charge in [0, 0.05) is 44.2 Å². The van der Waals surface area contributed by atoms with Crippen LogP contribution in [0.15, 0.2) is 42.5 Å². The Morgan fingerprint density at radius 3 is 2.38 bits per heavy atom. The standard InChI is InChI=1S/C35H45F3N4O6/c1-8-29(43)39-16-18-41-27-19-25(30(44)42(22(2)3)24-15-12-17-40(21-24)32(46)48-33(4,5)6)26(35(36,37)38)20-28(27)47-34(7,31(41)45)23-13-10-9-11-14-23/h9-11,13-14,19-20,22,24H,8,12,15-18,21H2,1-7H3,(H,39,43)/t24-,34+/m1/s1. The van der Waals surface area contributed by atoms with Gasteiger partial charge in [0.15, 0.2) is 0 Å². The first-order chi connectivity index (χ1) is 22.4. The van der Waals surface area contributed by atoms with E-state index in [1.165, 1.54) is 21.6 Å². The number of rotatable bonds is 8. The lowest BCUT2D eigenvalue weighted by Gasteiger charge is -2.43. The number of hydrogen-bond acceptors (Lipinski definition) is 6. The number of amides is 4. The Kier molecular flexibility index (Phi) is 10.7. The Morgan fingerprint density at radius 2 is 1.79 bits per heavy atom. The van der Waals surface area contributed by atoms with E-state index in [0.717, 1.165) is 12.1 Å². The minimum atomic E-state index is -4.95. The summed E-state index contributed by atoms with van der Waals surface area (Å²) in [5.41, 5.74) is -3.88. The zero-order chi connectivity index (χ0) is 35.6. The number of nitrogens with zero attached hydrogens (tertiary/aromatic N) is 3. The number of likely N-dealkylation sites (tertiary alicyclic amines) is 1. The van der Waals surface area contributed by atoms with E-state index in [2.05, 4.69) is 5.32 Å². The van der Waals surface area contributed by atoms with E-state index in [-0.39, 0.29) is 43.4 Å². The summed E-state index contributed by atoms with van der Waals surface area (Å²) in [4.78, 5) is 57.4. The maximum absolute atomic E-state index is 14.8. The number of piperidine rings is 1. The smallest absolute Gasteiger partial charge is 0.417 e. The molecule has 0 bridgehead atoms. The van der Waals surface area contributed by atoms with Crippen molar-refractivity contribution >= 4 is 29.5 Å². The van der Waals surface area contributed by atoms with Gasteiger partial charge in [-0.2, -0.15) is 13.2 Å². The summed E-state index contributed by atoms with van der Waals surface area (Å²) >= 11 is 0. The Morgan fingerprint density at radius 1 is 1.12 bits per heavy atom. The van der Waals surface area contributed by atoms with Gasteiger partial charge < -0.3 is 29.5 Å². The van der Waals surface area contributed by atoms with E-state index in [9.17, 15) is 32.3 Å². The zero-order valence-electron chi connectivity index (χ0n) is 28.6. The Hall–Kier alpha value is -4.29. The molecule has 2 aliphatic rings. The fraction of sp³-hybridized carbons (Fsp3) is 0.543.